The lowest BCUT2D eigenvalue weighted by molar-refractivity contribution is 0.0141. The van der Waals surface area contributed by atoms with Crippen molar-refractivity contribution >= 4 is 0 Å². The molecular weight excluding hydrogens is 162 g/mol. The maximum absolute atomic E-state index is 5.54. The first kappa shape index (κ1) is 11.0. The number of fused-ring (bicyclic) bond motifs is 2. The molecule has 0 amide bonds. The first-order valence-electron chi connectivity index (χ1n) is 5.68. The van der Waals surface area contributed by atoms with E-state index in [9.17, 15) is 0 Å². The minimum atomic E-state index is 0.564. The van der Waals surface area contributed by atoms with Crippen LogP contribution in [-0.2, 0) is 4.74 Å². The van der Waals surface area contributed by atoms with E-state index in [4.69, 9.17) is 4.74 Å². The first-order valence-corrected chi connectivity index (χ1v) is 5.68. The van der Waals surface area contributed by atoms with Crippen LogP contribution in [0.2, 0.25) is 0 Å². The number of ether oxygens (including phenoxy) is 1. The van der Waals surface area contributed by atoms with Crippen LogP contribution in [0.3, 0.4) is 0 Å². The van der Waals surface area contributed by atoms with Gasteiger partial charge in [-0.05, 0) is 19.8 Å². The molecule has 2 aliphatic rings. The lowest BCUT2D eigenvalue weighted by atomic mass is 10.2. The van der Waals surface area contributed by atoms with Crippen LogP contribution in [0, 0.1) is 0 Å². The average molecular weight is 185 g/mol. The molecule has 2 fully saturated rings. The van der Waals surface area contributed by atoms with Crippen molar-refractivity contribution in [1.82, 2.24) is 4.90 Å². The molecule has 3 unspecified atom stereocenters. The molecule has 2 heteroatoms. The number of morpholine rings is 1. The van der Waals surface area contributed by atoms with Crippen molar-refractivity contribution in [1.29, 1.82) is 0 Å². The number of hydrogen-bond acceptors (Lipinski definition) is 2. The van der Waals surface area contributed by atoms with Gasteiger partial charge in [-0.2, -0.15) is 0 Å². The van der Waals surface area contributed by atoms with E-state index in [1.807, 2.05) is 13.8 Å². The van der Waals surface area contributed by atoms with Crippen molar-refractivity contribution < 1.29 is 4.74 Å². The fourth-order valence-corrected chi connectivity index (χ4v) is 2.20. The Balaban J connectivity index is 0.000000396. The van der Waals surface area contributed by atoms with Gasteiger partial charge in [0, 0.05) is 18.6 Å². The SMILES string of the molecule is CC.CCC(C)N1CC2CC1CO2. The standard InChI is InChI=1S/C9H17NO.C2H6/c1-3-7(2)10-5-9-4-8(10)6-11-9;1-2/h7-9H,3-6H2,1-2H3;1-2H3. The van der Waals surface area contributed by atoms with Gasteiger partial charge in [-0.15, -0.1) is 0 Å². The van der Waals surface area contributed by atoms with E-state index in [1.54, 1.807) is 0 Å². The summed E-state index contributed by atoms with van der Waals surface area (Å²) in [7, 11) is 0. The van der Waals surface area contributed by atoms with Gasteiger partial charge in [-0.3, -0.25) is 4.90 Å². The Hall–Kier alpha value is -0.0800. The zero-order valence-electron chi connectivity index (χ0n) is 9.42. The third kappa shape index (κ3) is 2.23. The highest BCUT2D eigenvalue weighted by Crippen LogP contribution is 2.29. The molecule has 2 saturated heterocycles. The average Bonchev–Trinajstić information content (AvgIpc) is 2.80. The highest BCUT2D eigenvalue weighted by atomic mass is 16.5. The van der Waals surface area contributed by atoms with Crippen LogP contribution in [0.15, 0.2) is 0 Å². The Labute approximate surface area is 82.3 Å². The summed E-state index contributed by atoms with van der Waals surface area (Å²) < 4.78 is 5.54. The second-order valence-corrected chi connectivity index (χ2v) is 3.80. The van der Waals surface area contributed by atoms with Crippen LogP contribution in [0.25, 0.3) is 0 Å². The van der Waals surface area contributed by atoms with Gasteiger partial charge in [0.25, 0.3) is 0 Å². The fraction of sp³-hybridized carbons (Fsp3) is 1.00. The summed E-state index contributed by atoms with van der Waals surface area (Å²) in [5.74, 6) is 0. The zero-order chi connectivity index (χ0) is 9.84. The lowest BCUT2D eigenvalue weighted by Crippen LogP contribution is -2.42. The minimum Gasteiger partial charge on any atom is -0.375 e. The lowest BCUT2D eigenvalue weighted by Gasteiger charge is -2.31. The topological polar surface area (TPSA) is 12.5 Å². The van der Waals surface area contributed by atoms with Gasteiger partial charge in [-0.25, -0.2) is 0 Å². The molecule has 13 heavy (non-hydrogen) atoms. The molecule has 0 aromatic rings. The van der Waals surface area contributed by atoms with Crippen molar-refractivity contribution in [3.05, 3.63) is 0 Å². The normalized spacial score (nSPS) is 34.2. The predicted molar refractivity (Wildman–Crippen MR) is 56.0 cm³/mol. The Bertz CT molecular complexity index is 149. The zero-order valence-corrected chi connectivity index (χ0v) is 9.42. The molecule has 3 atom stereocenters. The Morgan fingerprint density at radius 3 is 2.54 bits per heavy atom. The quantitative estimate of drug-likeness (QED) is 0.654. The van der Waals surface area contributed by atoms with E-state index in [0.717, 1.165) is 18.7 Å². The van der Waals surface area contributed by atoms with E-state index in [2.05, 4.69) is 18.7 Å². The fourth-order valence-electron chi connectivity index (χ4n) is 2.20. The van der Waals surface area contributed by atoms with Crippen LogP contribution in [-0.4, -0.2) is 36.2 Å². The highest BCUT2D eigenvalue weighted by Gasteiger charge is 2.40. The predicted octanol–water partition coefficient (Wildman–Crippen LogP) is 2.28. The van der Waals surface area contributed by atoms with E-state index in [-0.39, 0.29) is 0 Å². The molecule has 0 N–H and O–H groups in total. The van der Waals surface area contributed by atoms with E-state index in [1.165, 1.54) is 19.4 Å². The highest BCUT2D eigenvalue weighted by molar-refractivity contribution is 4.93. The Morgan fingerprint density at radius 2 is 2.15 bits per heavy atom. The van der Waals surface area contributed by atoms with Crippen molar-refractivity contribution in [2.45, 2.75) is 58.7 Å². The monoisotopic (exact) mass is 185 g/mol. The van der Waals surface area contributed by atoms with Crippen LogP contribution < -0.4 is 0 Å². The number of rotatable bonds is 2. The first-order chi connectivity index (χ1) is 6.31. The molecule has 0 spiro atoms. The summed E-state index contributed by atoms with van der Waals surface area (Å²) in [5.41, 5.74) is 0. The summed E-state index contributed by atoms with van der Waals surface area (Å²) >= 11 is 0. The van der Waals surface area contributed by atoms with E-state index < -0.39 is 0 Å². The maximum Gasteiger partial charge on any atom is 0.0718 e. The Kier molecular flexibility index (Phi) is 4.20. The van der Waals surface area contributed by atoms with Crippen LogP contribution in [0.4, 0.5) is 0 Å². The third-order valence-corrected chi connectivity index (χ3v) is 3.10. The smallest absolute Gasteiger partial charge is 0.0718 e. The molecule has 2 bridgehead atoms. The summed E-state index contributed by atoms with van der Waals surface area (Å²) in [6.07, 6.45) is 3.11. The molecule has 2 heterocycles. The molecule has 78 valence electrons. The van der Waals surface area contributed by atoms with Crippen LogP contribution >= 0.6 is 0 Å². The molecule has 0 aromatic heterocycles. The number of nitrogens with zero attached hydrogens (tertiary/aromatic N) is 1. The summed E-state index contributed by atoms with van der Waals surface area (Å²) in [6.45, 7) is 10.7. The molecule has 2 aliphatic heterocycles. The van der Waals surface area contributed by atoms with Crippen molar-refractivity contribution in [3.63, 3.8) is 0 Å². The minimum absolute atomic E-state index is 0.564. The molecular formula is C11H23NO. The van der Waals surface area contributed by atoms with Crippen molar-refractivity contribution in [2.24, 2.45) is 0 Å². The summed E-state index contributed by atoms with van der Waals surface area (Å²) in [4.78, 5) is 2.61. The van der Waals surface area contributed by atoms with Gasteiger partial charge in [0.05, 0.1) is 12.7 Å². The maximum atomic E-state index is 5.54. The Morgan fingerprint density at radius 1 is 1.46 bits per heavy atom. The summed E-state index contributed by atoms with van der Waals surface area (Å²) in [6, 6.07) is 1.50. The van der Waals surface area contributed by atoms with Gasteiger partial charge in [0.1, 0.15) is 0 Å². The number of likely N-dealkylation sites (tertiary alicyclic amines) is 1. The van der Waals surface area contributed by atoms with Gasteiger partial charge in [0.15, 0.2) is 0 Å². The second-order valence-electron chi connectivity index (χ2n) is 3.80. The van der Waals surface area contributed by atoms with E-state index in [0.29, 0.717) is 6.10 Å². The largest absolute Gasteiger partial charge is 0.375 e. The van der Waals surface area contributed by atoms with E-state index >= 15 is 0 Å². The molecule has 0 saturated carbocycles. The van der Waals surface area contributed by atoms with Crippen molar-refractivity contribution in [3.8, 4) is 0 Å². The van der Waals surface area contributed by atoms with Gasteiger partial charge in [0.2, 0.25) is 0 Å². The molecule has 2 nitrogen and oxygen atoms in total. The van der Waals surface area contributed by atoms with Crippen LogP contribution in [0.5, 0.6) is 0 Å². The molecule has 2 rings (SSSR count). The third-order valence-electron chi connectivity index (χ3n) is 3.10. The summed E-state index contributed by atoms with van der Waals surface area (Å²) in [5, 5.41) is 0. The molecule has 0 radical (unpaired) electrons. The van der Waals surface area contributed by atoms with Crippen molar-refractivity contribution in [2.75, 3.05) is 13.2 Å². The molecule has 0 aliphatic carbocycles. The second kappa shape index (κ2) is 4.97. The van der Waals surface area contributed by atoms with Gasteiger partial charge < -0.3 is 4.74 Å². The molecule has 0 aromatic carbocycles. The van der Waals surface area contributed by atoms with Gasteiger partial charge >= 0.3 is 0 Å². The van der Waals surface area contributed by atoms with Gasteiger partial charge in [-0.1, -0.05) is 20.8 Å². The van der Waals surface area contributed by atoms with Crippen LogP contribution in [0.1, 0.15) is 40.5 Å². The number of hydrogen-bond donors (Lipinski definition) is 0.